The van der Waals surface area contributed by atoms with Crippen LogP contribution in [-0.2, 0) is 4.74 Å². The number of benzene rings is 2. The molecule has 6 heteroatoms. The molecule has 6 nitrogen and oxygen atoms in total. The Labute approximate surface area is 159 Å². The highest BCUT2D eigenvalue weighted by Crippen LogP contribution is 2.24. The minimum atomic E-state index is -0.855. The second-order valence-corrected chi connectivity index (χ2v) is 6.56. The van der Waals surface area contributed by atoms with Crippen molar-refractivity contribution < 1.29 is 19.4 Å². The van der Waals surface area contributed by atoms with E-state index in [1.165, 1.54) is 25.6 Å². The molecule has 0 spiro atoms. The number of anilines is 2. The van der Waals surface area contributed by atoms with Gasteiger partial charge in [0.05, 0.1) is 18.2 Å². The smallest absolute Gasteiger partial charge is 0.337 e. The summed E-state index contributed by atoms with van der Waals surface area (Å²) in [5.74, 6) is -1.19. The lowest BCUT2D eigenvalue weighted by Crippen LogP contribution is -2.18. The molecule has 3 N–H and O–H groups in total. The third kappa shape index (κ3) is 5.23. The van der Waals surface area contributed by atoms with Gasteiger partial charge in [0.25, 0.3) is 0 Å². The number of carboxylic acid groups (broad SMARTS) is 1. The second kappa shape index (κ2) is 9.07. The molecule has 0 radical (unpaired) electrons. The predicted octanol–water partition coefficient (Wildman–Crippen LogP) is 3.66. The minimum Gasteiger partial charge on any atom is -0.478 e. The zero-order valence-electron chi connectivity index (χ0n) is 16.0. The molecular formula is C21H26N2O4. The van der Waals surface area contributed by atoms with E-state index in [1.807, 2.05) is 19.9 Å². The van der Waals surface area contributed by atoms with Crippen LogP contribution in [0.3, 0.4) is 0 Å². The summed E-state index contributed by atoms with van der Waals surface area (Å²) in [5.41, 5.74) is 10.3. The third-order valence-electron chi connectivity index (χ3n) is 4.58. The molecule has 2 aromatic carbocycles. The monoisotopic (exact) mass is 370 g/mol. The van der Waals surface area contributed by atoms with Crippen molar-refractivity contribution in [2.75, 3.05) is 30.8 Å². The van der Waals surface area contributed by atoms with Crippen LogP contribution in [0.2, 0.25) is 0 Å². The Kier molecular flexibility index (Phi) is 6.82. The predicted molar refractivity (Wildman–Crippen MR) is 107 cm³/mol. The quantitative estimate of drug-likeness (QED) is 0.633. The summed E-state index contributed by atoms with van der Waals surface area (Å²) < 4.78 is 4.55. The van der Waals surface area contributed by atoms with Crippen molar-refractivity contribution in [1.82, 2.24) is 0 Å². The van der Waals surface area contributed by atoms with Gasteiger partial charge in [0.2, 0.25) is 0 Å². The second-order valence-electron chi connectivity index (χ2n) is 6.56. The molecule has 0 amide bonds. The van der Waals surface area contributed by atoms with Gasteiger partial charge in [-0.15, -0.1) is 0 Å². The van der Waals surface area contributed by atoms with Gasteiger partial charge in [-0.05, 0) is 74.2 Å². The van der Waals surface area contributed by atoms with E-state index in [9.17, 15) is 9.59 Å². The van der Waals surface area contributed by atoms with Crippen molar-refractivity contribution in [3.8, 4) is 0 Å². The number of ether oxygens (including phenoxy) is 1. The molecule has 1 fully saturated rings. The standard InChI is InChI=1S/C12H15NO2.C9H11NO2/c1-9-8-10(12(14)15)4-5-11(9)13-6-2-3-7-13;1-6-5-7(9(11)12-2)3-4-8(6)10/h4-5,8H,2-3,6-7H2,1H3,(H,14,15);3-5H,10H2,1-2H3. The minimum absolute atomic E-state index is 0.335. The van der Waals surface area contributed by atoms with Crippen molar-refractivity contribution in [2.45, 2.75) is 26.7 Å². The topological polar surface area (TPSA) is 92.9 Å². The first-order chi connectivity index (χ1) is 12.8. The first-order valence-electron chi connectivity index (χ1n) is 8.87. The molecule has 0 aliphatic carbocycles. The molecule has 0 bridgehead atoms. The summed E-state index contributed by atoms with van der Waals surface area (Å²) in [5, 5.41) is 8.85. The molecule has 2 aromatic rings. The Bertz CT molecular complexity index is 827. The maximum absolute atomic E-state index is 11.0. The Balaban J connectivity index is 0.000000199. The number of nitrogens with two attached hydrogens (primary N) is 1. The number of esters is 1. The average molecular weight is 370 g/mol. The van der Waals surface area contributed by atoms with E-state index in [0.717, 1.165) is 24.2 Å². The number of aryl methyl sites for hydroxylation is 2. The van der Waals surface area contributed by atoms with Crippen LogP contribution in [0.15, 0.2) is 36.4 Å². The van der Waals surface area contributed by atoms with Crippen LogP contribution in [0.4, 0.5) is 11.4 Å². The van der Waals surface area contributed by atoms with Gasteiger partial charge < -0.3 is 20.5 Å². The normalized spacial score (nSPS) is 12.9. The SMILES string of the molecule is COC(=O)c1ccc(N)c(C)c1.Cc1cc(C(=O)O)ccc1N1CCCC1. The largest absolute Gasteiger partial charge is 0.478 e. The van der Waals surface area contributed by atoms with Crippen molar-refractivity contribution in [1.29, 1.82) is 0 Å². The Morgan fingerprint density at radius 3 is 2.11 bits per heavy atom. The number of hydrogen-bond acceptors (Lipinski definition) is 5. The molecule has 27 heavy (non-hydrogen) atoms. The molecule has 0 saturated carbocycles. The van der Waals surface area contributed by atoms with Gasteiger partial charge in [-0.1, -0.05) is 0 Å². The van der Waals surface area contributed by atoms with Crippen LogP contribution in [0.5, 0.6) is 0 Å². The summed E-state index contributed by atoms with van der Waals surface area (Å²) in [6, 6.07) is 10.4. The number of nitrogens with zero attached hydrogens (tertiary/aromatic N) is 1. The fraction of sp³-hybridized carbons (Fsp3) is 0.333. The van der Waals surface area contributed by atoms with Gasteiger partial charge in [0, 0.05) is 24.5 Å². The van der Waals surface area contributed by atoms with E-state index in [2.05, 4.69) is 9.64 Å². The average Bonchev–Trinajstić information content (AvgIpc) is 3.18. The summed E-state index contributed by atoms with van der Waals surface area (Å²) in [7, 11) is 1.36. The van der Waals surface area contributed by atoms with E-state index in [-0.39, 0.29) is 5.97 Å². The number of carboxylic acids is 1. The number of methoxy groups -OCH3 is 1. The number of aromatic carboxylic acids is 1. The zero-order valence-corrected chi connectivity index (χ0v) is 16.0. The number of carbonyl (C=O) groups is 2. The molecule has 1 saturated heterocycles. The lowest BCUT2D eigenvalue weighted by molar-refractivity contribution is 0.0599. The molecule has 0 unspecified atom stereocenters. The van der Waals surface area contributed by atoms with Crippen molar-refractivity contribution in [2.24, 2.45) is 0 Å². The zero-order chi connectivity index (χ0) is 20.0. The van der Waals surface area contributed by atoms with Gasteiger partial charge in [0.15, 0.2) is 0 Å². The Morgan fingerprint density at radius 2 is 1.59 bits per heavy atom. The van der Waals surface area contributed by atoms with Crippen LogP contribution in [0.25, 0.3) is 0 Å². The van der Waals surface area contributed by atoms with Crippen molar-refractivity contribution >= 4 is 23.3 Å². The van der Waals surface area contributed by atoms with Crippen LogP contribution in [0.1, 0.15) is 44.7 Å². The number of nitrogen functional groups attached to an aromatic ring is 1. The lowest BCUT2D eigenvalue weighted by atomic mass is 10.1. The first-order valence-corrected chi connectivity index (χ1v) is 8.87. The molecule has 1 aliphatic rings. The lowest BCUT2D eigenvalue weighted by Gasteiger charge is -2.20. The highest BCUT2D eigenvalue weighted by molar-refractivity contribution is 5.90. The number of carbonyl (C=O) groups excluding carboxylic acids is 1. The molecule has 0 atom stereocenters. The highest BCUT2D eigenvalue weighted by Gasteiger charge is 2.15. The van der Waals surface area contributed by atoms with Gasteiger partial charge in [-0.25, -0.2) is 9.59 Å². The maximum atomic E-state index is 11.0. The molecule has 144 valence electrons. The number of hydrogen-bond donors (Lipinski definition) is 2. The Morgan fingerprint density at radius 1 is 1.00 bits per heavy atom. The maximum Gasteiger partial charge on any atom is 0.337 e. The van der Waals surface area contributed by atoms with E-state index < -0.39 is 5.97 Å². The van der Waals surface area contributed by atoms with E-state index in [1.54, 1.807) is 30.3 Å². The van der Waals surface area contributed by atoms with E-state index >= 15 is 0 Å². The number of rotatable bonds is 3. The van der Waals surface area contributed by atoms with Gasteiger partial charge >= 0.3 is 11.9 Å². The fourth-order valence-corrected chi connectivity index (χ4v) is 3.02. The van der Waals surface area contributed by atoms with Crippen LogP contribution >= 0.6 is 0 Å². The molecule has 1 heterocycles. The summed E-state index contributed by atoms with van der Waals surface area (Å²) in [6.45, 7) is 6.00. The van der Waals surface area contributed by atoms with Crippen molar-refractivity contribution in [3.63, 3.8) is 0 Å². The summed E-state index contributed by atoms with van der Waals surface area (Å²) in [6.07, 6.45) is 2.47. The van der Waals surface area contributed by atoms with Crippen molar-refractivity contribution in [3.05, 3.63) is 58.7 Å². The van der Waals surface area contributed by atoms with Gasteiger partial charge in [-0.3, -0.25) is 0 Å². The first kappa shape index (κ1) is 20.3. The fourth-order valence-electron chi connectivity index (χ4n) is 3.02. The van der Waals surface area contributed by atoms with E-state index in [4.69, 9.17) is 10.8 Å². The van der Waals surface area contributed by atoms with Crippen LogP contribution in [-0.4, -0.2) is 37.2 Å². The molecule has 0 aromatic heterocycles. The van der Waals surface area contributed by atoms with Crippen LogP contribution < -0.4 is 10.6 Å². The third-order valence-corrected chi connectivity index (χ3v) is 4.58. The molecule has 3 rings (SSSR count). The van der Waals surface area contributed by atoms with Gasteiger partial charge in [0.1, 0.15) is 0 Å². The van der Waals surface area contributed by atoms with Crippen LogP contribution in [0, 0.1) is 13.8 Å². The highest BCUT2D eigenvalue weighted by atomic mass is 16.5. The Hall–Kier alpha value is -3.02. The summed E-state index contributed by atoms with van der Waals surface area (Å²) in [4.78, 5) is 24.1. The summed E-state index contributed by atoms with van der Waals surface area (Å²) >= 11 is 0. The molecular weight excluding hydrogens is 344 g/mol. The molecule has 1 aliphatic heterocycles. The van der Waals surface area contributed by atoms with Gasteiger partial charge in [-0.2, -0.15) is 0 Å². The van der Waals surface area contributed by atoms with E-state index in [0.29, 0.717) is 16.8 Å².